The standard InChI is InChI=1S/C23H24O2P.Li/c1-20(9-8-10-21-15-17-25-19-21)16-18-26(24,22-11-4-2-5-12-22)23-13-6-3-7-14-23;/h2-7,11-19H,8-10H2,1H3;/q-1;+1/b20-16+;. The van der Waals surface area contributed by atoms with Crippen LogP contribution in [0.5, 0.6) is 0 Å². The minimum atomic E-state index is -2.77. The Morgan fingerprint density at radius 1 is 1.00 bits per heavy atom. The molecule has 0 radical (unpaired) electrons. The topological polar surface area (TPSA) is 30.2 Å². The van der Waals surface area contributed by atoms with Crippen molar-refractivity contribution in [3.05, 3.63) is 103 Å². The van der Waals surface area contributed by atoms with Crippen LogP contribution >= 0.6 is 7.14 Å². The molecular formula is C23H24LiO2P. The van der Waals surface area contributed by atoms with E-state index in [9.17, 15) is 4.57 Å². The SMILES string of the molecule is C/C(=C\[CH-]P(=O)(c1ccccc1)c1ccccc1)CCCc1ccoc1.[Li+]. The van der Waals surface area contributed by atoms with Crippen LogP contribution in [-0.2, 0) is 11.0 Å². The fraction of sp³-hybridized carbons (Fsp3) is 0.174. The first-order valence-electron chi connectivity index (χ1n) is 8.92. The molecule has 27 heavy (non-hydrogen) atoms. The van der Waals surface area contributed by atoms with E-state index in [1.54, 1.807) is 12.5 Å². The van der Waals surface area contributed by atoms with Crippen LogP contribution in [0.25, 0.3) is 0 Å². The number of aryl methyl sites for hydroxylation is 1. The van der Waals surface area contributed by atoms with Gasteiger partial charge < -0.3 is 8.98 Å². The van der Waals surface area contributed by atoms with E-state index in [-0.39, 0.29) is 18.9 Å². The van der Waals surface area contributed by atoms with Crippen LogP contribution in [0.3, 0.4) is 0 Å². The first kappa shape index (κ1) is 21.5. The van der Waals surface area contributed by atoms with Gasteiger partial charge in [-0.2, -0.15) is 6.16 Å². The molecule has 1 heterocycles. The van der Waals surface area contributed by atoms with Gasteiger partial charge in [0.2, 0.25) is 0 Å². The number of benzene rings is 2. The summed E-state index contributed by atoms with van der Waals surface area (Å²) in [5.74, 6) is 0. The quantitative estimate of drug-likeness (QED) is 0.347. The van der Waals surface area contributed by atoms with Crippen LogP contribution in [0, 0.1) is 6.16 Å². The van der Waals surface area contributed by atoms with Crippen molar-refractivity contribution in [2.24, 2.45) is 0 Å². The van der Waals surface area contributed by atoms with Gasteiger partial charge in [0.05, 0.1) is 19.7 Å². The molecule has 0 saturated carbocycles. The largest absolute Gasteiger partial charge is 1.00 e. The van der Waals surface area contributed by atoms with Gasteiger partial charge in [-0.3, -0.25) is 0 Å². The fourth-order valence-electron chi connectivity index (χ4n) is 2.94. The normalized spacial score (nSPS) is 11.7. The second-order valence-electron chi connectivity index (χ2n) is 6.48. The van der Waals surface area contributed by atoms with E-state index in [0.29, 0.717) is 0 Å². The summed E-state index contributed by atoms with van der Waals surface area (Å²) in [6.07, 6.45) is 10.5. The minimum Gasteiger partial charge on any atom is -0.472 e. The Hall–Kier alpha value is -1.84. The molecule has 3 rings (SSSR count). The second kappa shape index (κ2) is 10.5. The average Bonchev–Trinajstić information content (AvgIpc) is 3.21. The van der Waals surface area contributed by atoms with E-state index < -0.39 is 7.14 Å². The summed E-state index contributed by atoms with van der Waals surface area (Å²) in [6, 6.07) is 21.5. The van der Waals surface area contributed by atoms with Crippen LogP contribution in [0.15, 0.2) is 95.3 Å². The Balaban J connectivity index is 0.00000261. The summed E-state index contributed by atoms with van der Waals surface area (Å²) < 4.78 is 19.0. The van der Waals surface area contributed by atoms with Crippen molar-refractivity contribution >= 4 is 17.8 Å². The van der Waals surface area contributed by atoms with Crippen LogP contribution in [0.1, 0.15) is 25.3 Å². The number of hydrogen-bond donors (Lipinski definition) is 0. The smallest absolute Gasteiger partial charge is 0.472 e. The predicted octanol–water partition coefficient (Wildman–Crippen LogP) is 2.73. The maximum atomic E-state index is 13.9. The first-order valence-corrected chi connectivity index (χ1v) is 10.7. The molecule has 134 valence electrons. The van der Waals surface area contributed by atoms with Gasteiger partial charge in [0, 0.05) is 10.6 Å². The molecule has 0 aliphatic rings. The summed E-state index contributed by atoms with van der Waals surface area (Å²) in [5, 5.41) is 1.74. The molecule has 0 atom stereocenters. The van der Waals surface area contributed by atoms with Gasteiger partial charge in [-0.1, -0.05) is 73.5 Å². The van der Waals surface area contributed by atoms with Gasteiger partial charge in [-0.05, 0) is 18.1 Å². The van der Waals surface area contributed by atoms with E-state index in [2.05, 4.69) is 6.92 Å². The zero-order valence-corrected chi connectivity index (χ0v) is 16.9. The molecule has 0 bridgehead atoms. The number of allylic oxidation sites excluding steroid dienone is 2. The molecule has 2 nitrogen and oxygen atoms in total. The van der Waals surface area contributed by atoms with Crippen molar-refractivity contribution in [3.8, 4) is 0 Å². The molecule has 4 heteroatoms. The summed E-state index contributed by atoms with van der Waals surface area (Å²) in [5.41, 5.74) is 2.46. The van der Waals surface area contributed by atoms with Crippen molar-refractivity contribution in [2.45, 2.75) is 26.2 Å². The molecule has 0 spiro atoms. The Morgan fingerprint density at radius 3 is 2.11 bits per heavy atom. The Morgan fingerprint density at radius 2 is 1.59 bits per heavy atom. The maximum absolute atomic E-state index is 13.9. The molecular weight excluding hydrogens is 346 g/mol. The van der Waals surface area contributed by atoms with Crippen molar-refractivity contribution in [1.82, 2.24) is 0 Å². The second-order valence-corrected chi connectivity index (χ2v) is 9.12. The summed E-state index contributed by atoms with van der Waals surface area (Å²) >= 11 is 0. The van der Waals surface area contributed by atoms with Crippen LogP contribution in [-0.4, -0.2) is 0 Å². The molecule has 0 amide bonds. The van der Waals surface area contributed by atoms with Crippen molar-refractivity contribution in [1.29, 1.82) is 0 Å². The molecule has 0 fully saturated rings. The zero-order chi connectivity index (χ0) is 18.2. The summed E-state index contributed by atoms with van der Waals surface area (Å²) in [6.45, 7) is 2.10. The van der Waals surface area contributed by atoms with E-state index in [1.165, 1.54) is 11.1 Å². The summed E-state index contributed by atoms with van der Waals surface area (Å²) in [4.78, 5) is 0. The van der Waals surface area contributed by atoms with E-state index in [0.717, 1.165) is 29.9 Å². The molecule has 3 aromatic rings. The van der Waals surface area contributed by atoms with E-state index in [4.69, 9.17) is 4.42 Å². The van der Waals surface area contributed by atoms with Crippen molar-refractivity contribution < 1.29 is 27.8 Å². The monoisotopic (exact) mass is 370 g/mol. The third kappa shape index (κ3) is 5.82. The van der Waals surface area contributed by atoms with Gasteiger partial charge in [-0.15, -0.1) is 6.92 Å². The minimum absolute atomic E-state index is 0. The Labute approximate surface area is 174 Å². The van der Waals surface area contributed by atoms with Crippen LogP contribution in [0.2, 0.25) is 0 Å². The van der Waals surface area contributed by atoms with Gasteiger partial charge in [0.25, 0.3) is 0 Å². The van der Waals surface area contributed by atoms with Gasteiger partial charge in [-0.25, -0.2) is 11.6 Å². The molecule has 0 saturated heterocycles. The third-order valence-electron chi connectivity index (χ3n) is 4.47. The summed E-state index contributed by atoms with van der Waals surface area (Å²) in [7, 11) is -2.77. The third-order valence-corrected chi connectivity index (χ3v) is 7.16. The number of furan rings is 1. The molecule has 2 aromatic carbocycles. The number of rotatable bonds is 8. The molecule has 0 aliphatic heterocycles. The van der Waals surface area contributed by atoms with Gasteiger partial charge >= 0.3 is 18.9 Å². The Bertz CT molecular complexity index is 828. The van der Waals surface area contributed by atoms with Crippen LogP contribution in [0.4, 0.5) is 0 Å². The van der Waals surface area contributed by atoms with Crippen LogP contribution < -0.4 is 29.5 Å². The molecule has 0 N–H and O–H groups in total. The number of hydrogen-bond acceptors (Lipinski definition) is 2. The molecule has 0 unspecified atom stereocenters. The van der Waals surface area contributed by atoms with Crippen molar-refractivity contribution in [3.63, 3.8) is 0 Å². The average molecular weight is 370 g/mol. The predicted molar refractivity (Wildman–Crippen MR) is 109 cm³/mol. The molecule has 1 aromatic heterocycles. The maximum Gasteiger partial charge on any atom is 1.00 e. The Kier molecular flexibility index (Phi) is 8.33. The van der Waals surface area contributed by atoms with Gasteiger partial charge in [0.1, 0.15) is 0 Å². The fourth-order valence-corrected chi connectivity index (χ4v) is 5.28. The van der Waals surface area contributed by atoms with E-state index in [1.807, 2.05) is 79.0 Å². The van der Waals surface area contributed by atoms with Crippen molar-refractivity contribution in [2.75, 3.05) is 0 Å². The first-order chi connectivity index (χ1) is 12.7. The molecule has 0 aliphatic carbocycles. The van der Waals surface area contributed by atoms with Gasteiger partial charge in [0.15, 0.2) is 0 Å². The van der Waals surface area contributed by atoms with E-state index >= 15 is 0 Å². The zero-order valence-electron chi connectivity index (χ0n) is 16.0.